The molecule has 0 aromatic heterocycles. The number of aryl methyl sites for hydroxylation is 1. The largest absolute Gasteiger partial charge is 0.339 e. The molecule has 154 valence electrons. The summed E-state index contributed by atoms with van der Waals surface area (Å²) in [6.07, 6.45) is 6.32. The van der Waals surface area contributed by atoms with Crippen LogP contribution in [0, 0.1) is 6.92 Å². The third-order valence-electron chi connectivity index (χ3n) is 5.74. The molecule has 0 aliphatic carbocycles. The summed E-state index contributed by atoms with van der Waals surface area (Å²) >= 11 is 0. The van der Waals surface area contributed by atoms with Crippen molar-refractivity contribution in [3.05, 3.63) is 29.8 Å². The molecule has 0 unspecified atom stereocenters. The second kappa shape index (κ2) is 10.6. The Labute approximate surface area is 168 Å². The van der Waals surface area contributed by atoms with Crippen LogP contribution in [-0.2, 0) is 9.59 Å². The van der Waals surface area contributed by atoms with E-state index in [-0.39, 0.29) is 11.8 Å². The van der Waals surface area contributed by atoms with Crippen molar-refractivity contribution in [2.24, 2.45) is 0 Å². The third-order valence-corrected chi connectivity index (χ3v) is 5.74. The van der Waals surface area contributed by atoms with Gasteiger partial charge in [-0.3, -0.25) is 19.4 Å². The number of hydrogen-bond acceptors (Lipinski definition) is 4. The summed E-state index contributed by atoms with van der Waals surface area (Å²) in [5, 5.41) is 2.95. The zero-order valence-electron chi connectivity index (χ0n) is 17.2. The highest BCUT2D eigenvalue weighted by molar-refractivity contribution is 5.92. The molecular weight excluding hydrogens is 352 g/mol. The maximum Gasteiger partial charge on any atom is 0.238 e. The first-order chi connectivity index (χ1) is 13.6. The maximum atomic E-state index is 12.6. The molecule has 1 aromatic carbocycles. The Morgan fingerprint density at radius 1 is 0.786 bits per heavy atom. The highest BCUT2D eigenvalue weighted by atomic mass is 16.2. The lowest BCUT2D eigenvalue weighted by Crippen LogP contribution is -2.52. The summed E-state index contributed by atoms with van der Waals surface area (Å²) in [5.41, 5.74) is 2.01. The molecule has 6 nitrogen and oxygen atoms in total. The lowest BCUT2D eigenvalue weighted by Gasteiger charge is -2.35. The molecule has 1 N–H and O–H groups in total. The number of carbonyl (C=O) groups is 2. The van der Waals surface area contributed by atoms with Crippen LogP contribution in [0.1, 0.15) is 37.7 Å². The summed E-state index contributed by atoms with van der Waals surface area (Å²) in [6.45, 7) is 7.99. The molecule has 2 heterocycles. The quantitative estimate of drug-likeness (QED) is 0.844. The standard InChI is InChI=1S/C22H34N4O2/c1-19-7-9-20(10-8-19)23-21(27)17-25-13-15-26(16-14-25)22(28)18-24-11-5-3-2-4-6-12-24/h7-10H,2-6,11-18H2,1H3,(H,23,27). The van der Waals surface area contributed by atoms with E-state index in [0.29, 0.717) is 26.2 Å². The first kappa shape index (κ1) is 20.8. The molecule has 6 heteroatoms. The molecule has 28 heavy (non-hydrogen) atoms. The fourth-order valence-corrected chi connectivity index (χ4v) is 3.96. The molecule has 2 amide bonds. The van der Waals surface area contributed by atoms with Gasteiger partial charge in [-0.25, -0.2) is 0 Å². The zero-order valence-corrected chi connectivity index (χ0v) is 17.2. The summed E-state index contributed by atoms with van der Waals surface area (Å²) in [7, 11) is 0. The lowest BCUT2D eigenvalue weighted by molar-refractivity contribution is -0.134. The van der Waals surface area contributed by atoms with Crippen LogP contribution in [0.15, 0.2) is 24.3 Å². The van der Waals surface area contributed by atoms with Gasteiger partial charge in [-0.2, -0.15) is 0 Å². The second-order valence-corrected chi connectivity index (χ2v) is 8.12. The minimum atomic E-state index is 0.00395. The summed E-state index contributed by atoms with van der Waals surface area (Å²) < 4.78 is 0. The van der Waals surface area contributed by atoms with Gasteiger partial charge in [0.2, 0.25) is 11.8 Å². The van der Waals surface area contributed by atoms with E-state index in [1.165, 1.54) is 37.7 Å². The van der Waals surface area contributed by atoms with Crippen molar-refractivity contribution in [2.75, 3.05) is 57.7 Å². The topological polar surface area (TPSA) is 55.9 Å². The molecule has 2 aliphatic rings. The molecule has 1 aromatic rings. The minimum Gasteiger partial charge on any atom is -0.339 e. The van der Waals surface area contributed by atoms with Gasteiger partial charge in [0.1, 0.15) is 0 Å². The van der Waals surface area contributed by atoms with Crippen molar-refractivity contribution in [1.82, 2.24) is 14.7 Å². The van der Waals surface area contributed by atoms with Gasteiger partial charge in [0.25, 0.3) is 0 Å². The van der Waals surface area contributed by atoms with E-state index < -0.39 is 0 Å². The van der Waals surface area contributed by atoms with E-state index in [4.69, 9.17) is 0 Å². The molecule has 2 aliphatic heterocycles. The monoisotopic (exact) mass is 386 g/mol. The van der Waals surface area contributed by atoms with Gasteiger partial charge in [0.15, 0.2) is 0 Å². The van der Waals surface area contributed by atoms with E-state index in [1.54, 1.807) is 0 Å². The van der Waals surface area contributed by atoms with Crippen molar-refractivity contribution < 1.29 is 9.59 Å². The van der Waals surface area contributed by atoms with Gasteiger partial charge in [0, 0.05) is 31.9 Å². The zero-order chi connectivity index (χ0) is 19.8. The molecule has 0 radical (unpaired) electrons. The Bertz CT molecular complexity index is 630. The minimum absolute atomic E-state index is 0.00395. The van der Waals surface area contributed by atoms with E-state index in [1.807, 2.05) is 36.1 Å². The Balaban J connectivity index is 1.38. The van der Waals surface area contributed by atoms with Gasteiger partial charge in [-0.1, -0.05) is 37.0 Å². The van der Waals surface area contributed by atoms with Gasteiger partial charge >= 0.3 is 0 Å². The van der Waals surface area contributed by atoms with Crippen LogP contribution in [0.3, 0.4) is 0 Å². The smallest absolute Gasteiger partial charge is 0.238 e. The molecule has 0 saturated carbocycles. The van der Waals surface area contributed by atoms with E-state index in [0.717, 1.165) is 31.9 Å². The van der Waals surface area contributed by atoms with Gasteiger partial charge < -0.3 is 10.2 Å². The lowest BCUT2D eigenvalue weighted by atomic mass is 10.1. The van der Waals surface area contributed by atoms with Crippen LogP contribution >= 0.6 is 0 Å². The van der Waals surface area contributed by atoms with Crippen molar-refractivity contribution in [3.8, 4) is 0 Å². The fourth-order valence-electron chi connectivity index (χ4n) is 3.96. The number of likely N-dealkylation sites (tertiary alicyclic amines) is 1. The predicted octanol–water partition coefficient (Wildman–Crippen LogP) is 2.34. The number of amides is 2. The summed E-state index contributed by atoms with van der Waals surface area (Å²) in [5.74, 6) is 0.244. The van der Waals surface area contributed by atoms with Crippen LogP contribution in [-0.4, -0.2) is 78.9 Å². The number of benzene rings is 1. The molecule has 0 spiro atoms. The summed E-state index contributed by atoms with van der Waals surface area (Å²) in [4.78, 5) is 31.3. The summed E-state index contributed by atoms with van der Waals surface area (Å²) in [6, 6.07) is 7.83. The van der Waals surface area contributed by atoms with Crippen molar-refractivity contribution in [1.29, 1.82) is 0 Å². The van der Waals surface area contributed by atoms with Crippen LogP contribution in [0.5, 0.6) is 0 Å². The molecule has 2 saturated heterocycles. The number of carbonyl (C=O) groups excluding carboxylic acids is 2. The Morgan fingerprint density at radius 3 is 2.00 bits per heavy atom. The van der Waals surface area contributed by atoms with E-state index in [9.17, 15) is 9.59 Å². The van der Waals surface area contributed by atoms with E-state index in [2.05, 4.69) is 15.1 Å². The maximum absolute atomic E-state index is 12.6. The van der Waals surface area contributed by atoms with Crippen molar-refractivity contribution >= 4 is 17.5 Å². The molecule has 3 rings (SSSR count). The van der Waals surface area contributed by atoms with Crippen LogP contribution in [0.25, 0.3) is 0 Å². The molecule has 0 bridgehead atoms. The first-order valence-electron chi connectivity index (χ1n) is 10.7. The molecular formula is C22H34N4O2. The SMILES string of the molecule is Cc1ccc(NC(=O)CN2CCN(C(=O)CN3CCCCCCC3)CC2)cc1. The predicted molar refractivity (Wildman–Crippen MR) is 112 cm³/mol. The van der Waals surface area contributed by atoms with Crippen molar-refractivity contribution in [2.45, 2.75) is 39.0 Å². The van der Waals surface area contributed by atoms with Crippen LogP contribution < -0.4 is 5.32 Å². The highest BCUT2D eigenvalue weighted by Crippen LogP contribution is 2.12. The highest BCUT2D eigenvalue weighted by Gasteiger charge is 2.24. The first-order valence-corrected chi connectivity index (χ1v) is 10.7. The Kier molecular flexibility index (Phi) is 7.86. The average Bonchev–Trinajstić information content (AvgIpc) is 2.66. The number of nitrogens with one attached hydrogen (secondary N) is 1. The number of nitrogens with zero attached hydrogens (tertiary/aromatic N) is 3. The second-order valence-electron chi connectivity index (χ2n) is 8.12. The fraction of sp³-hybridized carbons (Fsp3) is 0.636. The number of rotatable bonds is 5. The molecule has 0 atom stereocenters. The Morgan fingerprint density at radius 2 is 1.36 bits per heavy atom. The van der Waals surface area contributed by atoms with Gasteiger partial charge in [-0.05, 0) is 45.0 Å². The van der Waals surface area contributed by atoms with Crippen molar-refractivity contribution in [3.63, 3.8) is 0 Å². The van der Waals surface area contributed by atoms with Crippen LogP contribution in [0.4, 0.5) is 5.69 Å². The number of piperazine rings is 1. The third kappa shape index (κ3) is 6.60. The van der Waals surface area contributed by atoms with Gasteiger partial charge in [-0.15, -0.1) is 0 Å². The average molecular weight is 387 g/mol. The number of hydrogen-bond donors (Lipinski definition) is 1. The van der Waals surface area contributed by atoms with E-state index >= 15 is 0 Å². The number of anilines is 1. The Hall–Kier alpha value is -1.92. The normalized spacial score (nSPS) is 19.7. The van der Waals surface area contributed by atoms with Crippen LogP contribution in [0.2, 0.25) is 0 Å². The molecule has 2 fully saturated rings. The van der Waals surface area contributed by atoms with Gasteiger partial charge in [0.05, 0.1) is 13.1 Å².